The number of hydrogen-bond donors (Lipinski definition) is 1. The molecule has 0 aliphatic carbocycles. The summed E-state index contributed by atoms with van der Waals surface area (Å²) in [4.78, 5) is 12.1. The number of aromatic nitrogens is 2. The number of nitrogens with zero attached hydrogens (tertiary/aromatic N) is 2. The van der Waals surface area contributed by atoms with Gasteiger partial charge in [-0.2, -0.15) is 5.10 Å². The van der Waals surface area contributed by atoms with E-state index in [1.807, 2.05) is 17.7 Å². The van der Waals surface area contributed by atoms with Gasteiger partial charge in [0.15, 0.2) is 0 Å². The van der Waals surface area contributed by atoms with E-state index in [9.17, 15) is 4.79 Å². The molecule has 0 aliphatic rings. The van der Waals surface area contributed by atoms with Crippen LogP contribution in [0.4, 0.5) is 0 Å². The molecular weight excluding hydrogens is 250 g/mol. The Kier molecular flexibility index (Phi) is 7.52. The monoisotopic (exact) mass is 279 g/mol. The highest BCUT2D eigenvalue weighted by atomic mass is 16.1. The number of carbonyl (C=O) groups is 1. The second kappa shape index (κ2) is 8.90. The molecule has 0 amide bonds. The summed E-state index contributed by atoms with van der Waals surface area (Å²) in [6.45, 7) is 7.76. The Bertz CT molecular complexity index is 406. The molecule has 0 aromatic carbocycles. The third-order valence-electron chi connectivity index (χ3n) is 3.77. The predicted molar refractivity (Wildman–Crippen MR) is 82.7 cm³/mol. The normalized spacial score (nSPS) is 12.6. The molecule has 0 saturated carbocycles. The van der Waals surface area contributed by atoms with Crippen molar-refractivity contribution in [1.82, 2.24) is 9.78 Å². The Labute approximate surface area is 122 Å². The molecule has 1 heterocycles. The average molecular weight is 279 g/mol. The molecule has 4 heteroatoms. The van der Waals surface area contributed by atoms with Gasteiger partial charge in [0.2, 0.25) is 0 Å². The van der Waals surface area contributed by atoms with E-state index in [0.29, 0.717) is 24.5 Å². The van der Waals surface area contributed by atoms with E-state index >= 15 is 0 Å². The number of nitrogens with two attached hydrogens (primary N) is 1. The van der Waals surface area contributed by atoms with Crippen LogP contribution in [0.5, 0.6) is 0 Å². The van der Waals surface area contributed by atoms with E-state index in [1.54, 1.807) is 0 Å². The van der Waals surface area contributed by atoms with Crippen molar-refractivity contribution in [2.45, 2.75) is 65.8 Å². The number of Topliss-reactive ketones (excluding diaryl/α,β-unsaturated/α-hetero) is 1. The van der Waals surface area contributed by atoms with Crippen LogP contribution in [-0.4, -0.2) is 22.1 Å². The maximum absolute atomic E-state index is 12.1. The highest BCUT2D eigenvalue weighted by Crippen LogP contribution is 2.18. The van der Waals surface area contributed by atoms with Gasteiger partial charge in [0.05, 0.1) is 5.69 Å². The zero-order valence-electron chi connectivity index (χ0n) is 13.2. The van der Waals surface area contributed by atoms with E-state index in [4.69, 9.17) is 5.73 Å². The summed E-state index contributed by atoms with van der Waals surface area (Å²) < 4.78 is 1.93. The van der Waals surface area contributed by atoms with E-state index in [2.05, 4.69) is 18.9 Å². The van der Waals surface area contributed by atoms with Crippen molar-refractivity contribution in [1.29, 1.82) is 0 Å². The summed E-state index contributed by atoms with van der Waals surface area (Å²) in [5.41, 5.74) is 7.66. The smallest absolute Gasteiger partial charge is 0.138 e. The molecule has 1 unspecified atom stereocenters. The summed E-state index contributed by atoms with van der Waals surface area (Å²) in [6, 6.07) is 2.02. The lowest BCUT2D eigenvalue weighted by molar-refractivity contribution is -0.118. The van der Waals surface area contributed by atoms with Gasteiger partial charge in [-0.15, -0.1) is 0 Å². The highest BCUT2D eigenvalue weighted by Gasteiger charge is 2.13. The zero-order chi connectivity index (χ0) is 15.0. The van der Waals surface area contributed by atoms with Crippen LogP contribution in [0.25, 0.3) is 0 Å². The van der Waals surface area contributed by atoms with Gasteiger partial charge >= 0.3 is 0 Å². The summed E-state index contributed by atoms with van der Waals surface area (Å²) in [5, 5.41) is 4.38. The molecule has 4 nitrogen and oxygen atoms in total. The van der Waals surface area contributed by atoms with Crippen molar-refractivity contribution < 1.29 is 4.79 Å². The molecule has 0 bridgehead atoms. The van der Waals surface area contributed by atoms with Crippen molar-refractivity contribution in [3.05, 3.63) is 17.5 Å². The number of rotatable bonds is 10. The fourth-order valence-corrected chi connectivity index (χ4v) is 2.75. The summed E-state index contributed by atoms with van der Waals surface area (Å²) in [6.07, 6.45) is 5.53. The molecule has 20 heavy (non-hydrogen) atoms. The second-order valence-electron chi connectivity index (χ2n) is 5.58. The molecule has 1 rings (SSSR count). The molecule has 114 valence electrons. The highest BCUT2D eigenvalue weighted by molar-refractivity contribution is 5.80. The van der Waals surface area contributed by atoms with Crippen molar-refractivity contribution in [2.75, 3.05) is 6.54 Å². The summed E-state index contributed by atoms with van der Waals surface area (Å²) in [7, 11) is 0. The van der Waals surface area contributed by atoms with Gasteiger partial charge in [-0.1, -0.05) is 19.8 Å². The number of carbonyl (C=O) groups excluding carboxylic acids is 1. The standard InChI is InChI=1S/C16H29N3O/c1-4-6-14(9-10-17)7-8-16(20)12-15-11-13(3)18-19(15)5-2/h11,14H,4-10,12,17H2,1-3H3. The fraction of sp³-hybridized carbons (Fsp3) is 0.750. The van der Waals surface area contributed by atoms with E-state index < -0.39 is 0 Å². The van der Waals surface area contributed by atoms with Crippen molar-refractivity contribution in [2.24, 2.45) is 11.7 Å². The third-order valence-corrected chi connectivity index (χ3v) is 3.77. The van der Waals surface area contributed by atoms with Crippen LogP contribution >= 0.6 is 0 Å². The van der Waals surface area contributed by atoms with Crippen molar-refractivity contribution in [3.8, 4) is 0 Å². The first-order chi connectivity index (χ1) is 9.60. The van der Waals surface area contributed by atoms with Gasteiger partial charge < -0.3 is 5.73 Å². The van der Waals surface area contributed by atoms with Crippen LogP contribution in [0.2, 0.25) is 0 Å². The van der Waals surface area contributed by atoms with Crippen LogP contribution < -0.4 is 5.73 Å². The minimum Gasteiger partial charge on any atom is -0.330 e. The Morgan fingerprint density at radius 2 is 2.10 bits per heavy atom. The summed E-state index contributed by atoms with van der Waals surface area (Å²) in [5.74, 6) is 0.921. The third kappa shape index (κ3) is 5.45. The molecule has 0 spiro atoms. The van der Waals surface area contributed by atoms with Crippen molar-refractivity contribution >= 4 is 5.78 Å². The first kappa shape index (κ1) is 16.9. The maximum Gasteiger partial charge on any atom is 0.138 e. The molecule has 0 radical (unpaired) electrons. The molecule has 1 atom stereocenters. The van der Waals surface area contributed by atoms with Gasteiger partial charge in [0.1, 0.15) is 5.78 Å². The first-order valence-electron chi connectivity index (χ1n) is 7.85. The number of aryl methyl sites for hydroxylation is 2. The lowest BCUT2D eigenvalue weighted by atomic mass is 9.93. The van der Waals surface area contributed by atoms with Crippen LogP contribution in [0.15, 0.2) is 6.07 Å². The van der Waals surface area contributed by atoms with Gasteiger partial charge in [-0.25, -0.2) is 0 Å². The molecule has 0 fully saturated rings. The van der Waals surface area contributed by atoms with E-state index in [1.165, 1.54) is 12.8 Å². The van der Waals surface area contributed by atoms with Crippen LogP contribution in [0, 0.1) is 12.8 Å². The first-order valence-corrected chi connectivity index (χ1v) is 7.85. The Morgan fingerprint density at radius 3 is 2.70 bits per heavy atom. The minimum atomic E-state index is 0.317. The van der Waals surface area contributed by atoms with E-state index in [0.717, 1.165) is 37.3 Å². The second-order valence-corrected chi connectivity index (χ2v) is 5.58. The molecule has 0 saturated heterocycles. The maximum atomic E-state index is 12.1. The average Bonchev–Trinajstić information content (AvgIpc) is 2.76. The van der Waals surface area contributed by atoms with Gasteiger partial charge in [-0.3, -0.25) is 9.48 Å². The number of ketones is 1. The van der Waals surface area contributed by atoms with Crippen LogP contribution in [0.1, 0.15) is 57.3 Å². The SMILES string of the molecule is CCCC(CCN)CCC(=O)Cc1cc(C)nn1CC. The quantitative estimate of drug-likeness (QED) is 0.716. The van der Waals surface area contributed by atoms with Crippen molar-refractivity contribution in [3.63, 3.8) is 0 Å². The molecule has 0 aliphatic heterocycles. The van der Waals surface area contributed by atoms with Crippen LogP contribution in [0.3, 0.4) is 0 Å². The van der Waals surface area contributed by atoms with E-state index in [-0.39, 0.29) is 0 Å². The zero-order valence-corrected chi connectivity index (χ0v) is 13.2. The molecule has 1 aromatic rings. The van der Waals surface area contributed by atoms with Crippen LogP contribution in [-0.2, 0) is 17.8 Å². The minimum absolute atomic E-state index is 0.317. The molecule has 1 aromatic heterocycles. The Balaban J connectivity index is 2.46. The lowest BCUT2D eigenvalue weighted by Gasteiger charge is -2.14. The fourth-order valence-electron chi connectivity index (χ4n) is 2.75. The van der Waals surface area contributed by atoms with Gasteiger partial charge in [0, 0.05) is 25.1 Å². The Hall–Kier alpha value is -1.16. The van der Waals surface area contributed by atoms with Gasteiger partial charge in [0.25, 0.3) is 0 Å². The van der Waals surface area contributed by atoms with Gasteiger partial charge in [-0.05, 0) is 45.2 Å². The lowest BCUT2D eigenvalue weighted by Crippen LogP contribution is -2.13. The molecule has 2 N–H and O–H groups in total. The molecular formula is C16H29N3O. The Morgan fingerprint density at radius 1 is 1.35 bits per heavy atom. The summed E-state index contributed by atoms with van der Waals surface area (Å²) >= 11 is 0. The number of hydrogen-bond acceptors (Lipinski definition) is 3. The topological polar surface area (TPSA) is 60.9 Å². The predicted octanol–water partition coefficient (Wildman–Crippen LogP) is 2.87. The largest absolute Gasteiger partial charge is 0.330 e.